The summed E-state index contributed by atoms with van der Waals surface area (Å²) in [7, 11) is 0.648. The quantitative estimate of drug-likeness (QED) is 0.839. The lowest BCUT2D eigenvalue weighted by atomic mass is 10.0. The lowest BCUT2D eigenvalue weighted by Crippen LogP contribution is -2.38. The standard InChI is InChI=1S/C13H16ClF2NO3S/c1-4-11(7(2)3)17-13(18)8-5-12(21(14,19)20)10(16)6-9(8)15/h5-7,11H,4H2,1-3H3,(H,17,18). The summed E-state index contributed by atoms with van der Waals surface area (Å²) in [6.07, 6.45) is 0.618. The minimum absolute atomic E-state index is 0.110. The molecule has 1 unspecified atom stereocenters. The van der Waals surface area contributed by atoms with Crippen LogP contribution in [0.15, 0.2) is 17.0 Å². The molecule has 1 N–H and O–H groups in total. The summed E-state index contributed by atoms with van der Waals surface area (Å²) >= 11 is 0. The molecular weight excluding hydrogens is 324 g/mol. The Morgan fingerprint density at radius 3 is 2.29 bits per heavy atom. The van der Waals surface area contributed by atoms with E-state index in [0.717, 1.165) is 0 Å². The summed E-state index contributed by atoms with van der Waals surface area (Å²) in [5, 5.41) is 2.58. The average Bonchev–Trinajstić information content (AvgIpc) is 2.33. The lowest BCUT2D eigenvalue weighted by molar-refractivity contribution is 0.0920. The van der Waals surface area contributed by atoms with Crippen LogP contribution >= 0.6 is 10.7 Å². The number of amides is 1. The second kappa shape index (κ2) is 6.70. The van der Waals surface area contributed by atoms with E-state index in [4.69, 9.17) is 10.7 Å². The third-order valence-corrected chi connectivity index (χ3v) is 4.43. The van der Waals surface area contributed by atoms with E-state index in [-0.39, 0.29) is 12.0 Å². The van der Waals surface area contributed by atoms with Crippen LogP contribution in [0.5, 0.6) is 0 Å². The third kappa shape index (κ3) is 4.38. The van der Waals surface area contributed by atoms with Gasteiger partial charge in [-0.3, -0.25) is 4.79 Å². The zero-order valence-electron chi connectivity index (χ0n) is 11.8. The van der Waals surface area contributed by atoms with Gasteiger partial charge in [0.15, 0.2) is 0 Å². The molecule has 21 heavy (non-hydrogen) atoms. The van der Waals surface area contributed by atoms with Crippen molar-refractivity contribution in [2.45, 2.75) is 38.1 Å². The number of rotatable bonds is 5. The first kappa shape index (κ1) is 17.8. The fraction of sp³-hybridized carbons (Fsp3) is 0.462. The average molecular weight is 340 g/mol. The molecule has 0 spiro atoms. The van der Waals surface area contributed by atoms with Crippen LogP contribution in [0.1, 0.15) is 37.6 Å². The summed E-state index contributed by atoms with van der Waals surface area (Å²) in [6.45, 7) is 5.61. The van der Waals surface area contributed by atoms with E-state index in [1.54, 1.807) is 0 Å². The van der Waals surface area contributed by atoms with Crippen molar-refractivity contribution in [3.63, 3.8) is 0 Å². The molecule has 8 heteroatoms. The van der Waals surface area contributed by atoms with Gasteiger partial charge in [-0.1, -0.05) is 20.8 Å². The monoisotopic (exact) mass is 339 g/mol. The molecule has 1 aromatic carbocycles. The van der Waals surface area contributed by atoms with Crippen molar-refractivity contribution in [1.82, 2.24) is 5.32 Å². The molecule has 0 saturated heterocycles. The van der Waals surface area contributed by atoms with Crippen LogP contribution in [0.2, 0.25) is 0 Å². The minimum Gasteiger partial charge on any atom is -0.349 e. The fourth-order valence-electron chi connectivity index (χ4n) is 1.88. The van der Waals surface area contributed by atoms with E-state index >= 15 is 0 Å². The van der Waals surface area contributed by atoms with Crippen LogP contribution in [-0.4, -0.2) is 20.4 Å². The molecule has 1 atom stereocenters. The Morgan fingerprint density at radius 2 is 1.86 bits per heavy atom. The second-order valence-electron chi connectivity index (χ2n) is 4.93. The predicted molar refractivity (Wildman–Crippen MR) is 75.8 cm³/mol. The normalized spacial score (nSPS) is 13.3. The zero-order chi connectivity index (χ0) is 16.4. The van der Waals surface area contributed by atoms with Gasteiger partial charge in [0.1, 0.15) is 16.5 Å². The highest BCUT2D eigenvalue weighted by Gasteiger charge is 2.24. The highest BCUT2D eigenvalue weighted by molar-refractivity contribution is 8.13. The Morgan fingerprint density at radius 1 is 1.29 bits per heavy atom. The predicted octanol–water partition coefficient (Wildman–Crippen LogP) is 3.06. The molecule has 1 rings (SSSR count). The molecule has 0 aromatic heterocycles. The summed E-state index contributed by atoms with van der Waals surface area (Å²) < 4.78 is 49.5. The summed E-state index contributed by atoms with van der Waals surface area (Å²) in [5.41, 5.74) is -0.560. The first-order chi connectivity index (χ1) is 9.57. The first-order valence-electron chi connectivity index (χ1n) is 6.32. The highest BCUT2D eigenvalue weighted by atomic mass is 35.7. The number of benzene rings is 1. The molecule has 4 nitrogen and oxygen atoms in total. The SMILES string of the molecule is CCC(NC(=O)c1cc(S(=O)(=O)Cl)c(F)cc1F)C(C)C. The Kier molecular flexibility index (Phi) is 5.69. The molecule has 0 aliphatic rings. The molecule has 0 aliphatic carbocycles. The molecule has 1 amide bonds. The molecule has 1 aromatic rings. The number of hydrogen-bond donors (Lipinski definition) is 1. The summed E-state index contributed by atoms with van der Waals surface area (Å²) in [5.74, 6) is -3.18. The fourth-order valence-corrected chi connectivity index (χ4v) is 2.78. The Labute approximate surface area is 126 Å². The number of carbonyl (C=O) groups is 1. The number of carbonyl (C=O) groups excluding carboxylic acids is 1. The number of hydrogen-bond acceptors (Lipinski definition) is 3. The highest BCUT2D eigenvalue weighted by Crippen LogP contribution is 2.23. The Hall–Kier alpha value is -1.21. The smallest absolute Gasteiger partial charge is 0.264 e. The van der Waals surface area contributed by atoms with E-state index < -0.39 is 37.1 Å². The zero-order valence-corrected chi connectivity index (χ0v) is 13.4. The lowest BCUT2D eigenvalue weighted by Gasteiger charge is -2.21. The van der Waals surface area contributed by atoms with Crippen LogP contribution in [0.3, 0.4) is 0 Å². The van der Waals surface area contributed by atoms with Crippen molar-refractivity contribution >= 4 is 25.6 Å². The maximum absolute atomic E-state index is 13.7. The van der Waals surface area contributed by atoms with Crippen LogP contribution in [0, 0.1) is 17.6 Å². The van der Waals surface area contributed by atoms with Gasteiger partial charge in [0.2, 0.25) is 0 Å². The van der Waals surface area contributed by atoms with Gasteiger partial charge in [-0.2, -0.15) is 0 Å². The van der Waals surface area contributed by atoms with Gasteiger partial charge in [-0.15, -0.1) is 0 Å². The Balaban J connectivity index is 3.22. The largest absolute Gasteiger partial charge is 0.349 e. The first-order valence-corrected chi connectivity index (χ1v) is 8.63. The maximum Gasteiger partial charge on any atom is 0.264 e. The van der Waals surface area contributed by atoms with Gasteiger partial charge in [0.25, 0.3) is 15.0 Å². The topological polar surface area (TPSA) is 63.2 Å². The van der Waals surface area contributed by atoms with Crippen LogP contribution in [-0.2, 0) is 9.05 Å². The van der Waals surface area contributed by atoms with Crippen molar-refractivity contribution in [2.24, 2.45) is 5.92 Å². The molecule has 0 bridgehead atoms. The minimum atomic E-state index is -4.41. The van der Waals surface area contributed by atoms with Crippen molar-refractivity contribution in [3.8, 4) is 0 Å². The van der Waals surface area contributed by atoms with Crippen molar-refractivity contribution < 1.29 is 22.0 Å². The van der Waals surface area contributed by atoms with E-state index in [1.165, 1.54) is 0 Å². The molecular formula is C13H16ClF2NO3S. The van der Waals surface area contributed by atoms with Gasteiger partial charge < -0.3 is 5.32 Å². The van der Waals surface area contributed by atoms with E-state index in [2.05, 4.69) is 5.32 Å². The van der Waals surface area contributed by atoms with Gasteiger partial charge in [0.05, 0.1) is 5.56 Å². The van der Waals surface area contributed by atoms with Crippen LogP contribution in [0.25, 0.3) is 0 Å². The van der Waals surface area contributed by atoms with E-state index in [9.17, 15) is 22.0 Å². The van der Waals surface area contributed by atoms with Crippen molar-refractivity contribution in [1.29, 1.82) is 0 Å². The Bertz CT molecular complexity index is 647. The van der Waals surface area contributed by atoms with Crippen molar-refractivity contribution in [3.05, 3.63) is 29.3 Å². The molecule has 0 saturated carbocycles. The van der Waals surface area contributed by atoms with Gasteiger partial charge in [-0.25, -0.2) is 17.2 Å². The maximum atomic E-state index is 13.7. The summed E-state index contributed by atoms with van der Waals surface area (Å²) in [6, 6.07) is 0.730. The molecule has 0 radical (unpaired) electrons. The van der Waals surface area contributed by atoms with Crippen LogP contribution < -0.4 is 5.32 Å². The van der Waals surface area contributed by atoms with E-state index in [0.29, 0.717) is 18.6 Å². The molecule has 0 aliphatic heterocycles. The third-order valence-electron chi connectivity index (χ3n) is 3.09. The number of nitrogens with one attached hydrogen (secondary N) is 1. The molecule has 118 valence electrons. The van der Waals surface area contributed by atoms with Crippen molar-refractivity contribution in [2.75, 3.05) is 0 Å². The van der Waals surface area contributed by atoms with Crippen LogP contribution in [0.4, 0.5) is 8.78 Å². The van der Waals surface area contributed by atoms with E-state index in [1.807, 2.05) is 20.8 Å². The number of halogens is 3. The van der Waals surface area contributed by atoms with Gasteiger partial charge >= 0.3 is 0 Å². The second-order valence-corrected chi connectivity index (χ2v) is 7.47. The molecule has 0 fully saturated rings. The molecule has 0 heterocycles. The van der Waals surface area contributed by atoms with Gasteiger partial charge in [0, 0.05) is 22.8 Å². The van der Waals surface area contributed by atoms with Gasteiger partial charge in [-0.05, 0) is 18.4 Å². The summed E-state index contributed by atoms with van der Waals surface area (Å²) in [4.78, 5) is 11.1.